The van der Waals surface area contributed by atoms with Gasteiger partial charge < -0.3 is 10.1 Å². The van der Waals surface area contributed by atoms with Gasteiger partial charge in [0, 0.05) is 13.2 Å². The maximum absolute atomic E-state index is 11.4. The number of hydrogen-bond acceptors (Lipinski definition) is 8. The number of nitrogens with zero attached hydrogens (tertiary/aromatic N) is 5. The predicted molar refractivity (Wildman–Crippen MR) is 64.7 cm³/mol. The number of methoxy groups -OCH3 is 1. The van der Waals surface area contributed by atoms with Crippen LogP contribution in [0.2, 0.25) is 0 Å². The molecular weight excluding hydrogens is 252 g/mol. The van der Waals surface area contributed by atoms with Gasteiger partial charge in [0.05, 0.1) is 7.11 Å². The molecule has 10 heteroatoms. The topological polar surface area (TPSA) is 133 Å². The third-order valence-electron chi connectivity index (χ3n) is 2.17. The molecule has 0 unspecified atom stereocenters. The molecule has 2 aromatic rings. The lowest BCUT2D eigenvalue weighted by atomic mass is 10.4. The molecule has 0 fully saturated rings. The number of nitrogens with one attached hydrogen (secondary N) is 2. The number of nitrogen functional groups attached to an aromatic ring is 1. The molecule has 2 heterocycles. The Bertz CT molecular complexity index is 573. The number of amides is 1. The van der Waals surface area contributed by atoms with Crippen LogP contribution in [0.5, 0.6) is 6.01 Å². The van der Waals surface area contributed by atoms with Crippen molar-refractivity contribution in [3.63, 3.8) is 0 Å². The number of hydrogen-bond donors (Lipinski definition) is 3. The lowest BCUT2D eigenvalue weighted by Gasteiger charge is -2.04. The Labute approximate surface area is 108 Å². The molecule has 19 heavy (non-hydrogen) atoms. The molecule has 0 aromatic carbocycles. The van der Waals surface area contributed by atoms with Crippen molar-refractivity contribution in [3.8, 4) is 12.0 Å². The molecule has 1 amide bonds. The van der Waals surface area contributed by atoms with Crippen LogP contribution in [-0.2, 0) is 0 Å². The monoisotopic (exact) mass is 264 g/mol. The number of nitrogens with two attached hydrogens (primary N) is 1. The van der Waals surface area contributed by atoms with Gasteiger partial charge in [-0.1, -0.05) is 0 Å². The summed E-state index contributed by atoms with van der Waals surface area (Å²) in [5.41, 5.74) is 2.53. The first-order valence-electron chi connectivity index (χ1n) is 5.22. The Morgan fingerprint density at radius 3 is 2.84 bits per heavy atom. The minimum atomic E-state index is -0.308. The highest BCUT2D eigenvalue weighted by Gasteiger charge is 2.12. The maximum atomic E-state index is 11.4. The molecule has 0 bridgehead atoms. The van der Waals surface area contributed by atoms with E-state index in [0.29, 0.717) is 0 Å². The molecule has 0 saturated heterocycles. The SMILES string of the molecule is CNC(=O)c1ccn(-c2nc(NN)nc(OC)n2)n1. The fourth-order valence-electron chi connectivity index (χ4n) is 1.29. The predicted octanol–water partition coefficient (Wildman–Crippen LogP) is -1.29. The summed E-state index contributed by atoms with van der Waals surface area (Å²) in [7, 11) is 2.93. The van der Waals surface area contributed by atoms with Crippen LogP contribution in [0, 0.1) is 0 Å². The van der Waals surface area contributed by atoms with Crippen LogP contribution in [0.3, 0.4) is 0 Å². The Balaban J connectivity index is 2.40. The van der Waals surface area contributed by atoms with E-state index in [0.717, 1.165) is 0 Å². The zero-order valence-electron chi connectivity index (χ0n) is 10.3. The fraction of sp³-hybridized carbons (Fsp3) is 0.222. The molecular formula is C9H12N8O2. The van der Waals surface area contributed by atoms with Gasteiger partial charge in [-0.2, -0.15) is 20.1 Å². The van der Waals surface area contributed by atoms with Gasteiger partial charge in [0.15, 0.2) is 5.69 Å². The first kappa shape index (κ1) is 12.7. The second-order valence-corrected chi connectivity index (χ2v) is 3.31. The number of anilines is 1. The van der Waals surface area contributed by atoms with Crippen molar-refractivity contribution >= 4 is 11.9 Å². The number of rotatable bonds is 4. The van der Waals surface area contributed by atoms with Crippen molar-refractivity contribution in [2.24, 2.45) is 5.84 Å². The van der Waals surface area contributed by atoms with Crippen LogP contribution in [0.4, 0.5) is 5.95 Å². The zero-order valence-corrected chi connectivity index (χ0v) is 10.3. The Hall–Kier alpha value is -2.75. The van der Waals surface area contributed by atoms with Gasteiger partial charge in [0.1, 0.15) is 0 Å². The quantitative estimate of drug-likeness (QED) is 0.459. The number of hydrazine groups is 1. The van der Waals surface area contributed by atoms with Crippen molar-refractivity contribution in [2.45, 2.75) is 0 Å². The van der Waals surface area contributed by atoms with Crippen LogP contribution < -0.4 is 21.3 Å². The van der Waals surface area contributed by atoms with Gasteiger partial charge in [-0.05, 0) is 6.07 Å². The minimum Gasteiger partial charge on any atom is -0.467 e. The van der Waals surface area contributed by atoms with E-state index >= 15 is 0 Å². The van der Waals surface area contributed by atoms with Crippen molar-refractivity contribution in [2.75, 3.05) is 19.6 Å². The van der Waals surface area contributed by atoms with E-state index in [4.69, 9.17) is 10.6 Å². The summed E-state index contributed by atoms with van der Waals surface area (Å²) in [6.07, 6.45) is 1.54. The summed E-state index contributed by atoms with van der Waals surface area (Å²) >= 11 is 0. The number of aromatic nitrogens is 5. The molecule has 0 saturated carbocycles. The van der Waals surface area contributed by atoms with Gasteiger partial charge in [-0.25, -0.2) is 10.5 Å². The highest BCUT2D eigenvalue weighted by molar-refractivity contribution is 5.91. The molecule has 100 valence electrons. The van der Waals surface area contributed by atoms with Crippen molar-refractivity contribution in [1.82, 2.24) is 30.0 Å². The van der Waals surface area contributed by atoms with Crippen LogP contribution >= 0.6 is 0 Å². The van der Waals surface area contributed by atoms with Crippen molar-refractivity contribution < 1.29 is 9.53 Å². The van der Waals surface area contributed by atoms with Crippen LogP contribution in [0.15, 0.2) is 12.3 Å². The second kappa shape index (κ2) is 5.27. The van der Waals surface area contributed by atoms with Gasteiger partial charge in [0.25, 0.3) is 11.9 Å². The first-order chi connectivity index (χ1) is 9.17. The molecule has 2 aromatic heterocycles. The summed E-state index contributed by atoms with van der Waals surface area (Å²) in [6, 6.07) is 1.61. The Morgan fingerprint density at radius 2 is 2.21 bits per heavy atom. The third kappa shape index (κ3) is 2.57. The highest BCUT2D eigenvalue weighted by atomic mass is 16.5. The zero-order chi connectivity index (χ0) is 13.8. The molecule has 0 spiro atoms. The lowest BCUT2D eigenvalue weighted by Crippen LogP contribution is -2.19. The number of carbonyl (C=O) groups excluding carboxylic acids is 1. The second-order valence-electron chi connectivity index (χ2n) is 3.31. The number of carbonyl (C=O) groups is 1. The fourth-order valence-corrected chi connectivity index (χ4v) is 1.29. The van der Waals surface area contributed by atoms with Crippen LogP contribution in [0.25, 0.3) is 5.95 Å². The molecule has 4 N–H and O–H groups in total. The largest absolute Gasteiger partial charge is 0.467 e. The molecule has 0 aliphatic rings. The van der Waals surface area contributed by atoms with Crippen LogP contribution in [0.1, 0.15) is 10.5 Å². The van der Waals surface area contributed by atoms with Gasteiger partial charge in [0.2, 0.25) is 5.95 Å². The molecule has 0 aliphatic heterocycles. The van der Waals surface area contributed by atoms with E-state index in [2.05, 4.69) is 30.8 Å². The smallest absolute Gasteiger partial charge is 0.322 e. The molecule has 2 rings (SSSR count). The summed E-state index contributed by atoms with van der Waals surface area (Å²) in [6.45, 7) is 0. The van der Waals surface area contributed by atoms with Gasteiger partial charge in [-0.15, -0.1) is 0 Å². The molecule has 0 aliphatic carbocycles. The van der Waals surface area contributed by atoms with E-state index in [1.165, 1.54) is 24.9 Å². The minimum absolute atomic E-state index is 0.0787. The molecule has 10 nitrogen and oxygen atoms in total. The van der Waals surface area contributed by atoms with Crippen molar-refractivity contribution in [3.05, 3.63) is 18.0 Å². The normalized spacial score (nSPS) is 10.1. The summed E-state index contributed by atoms with van der Waals surface area (Å²) < 4.78 is 6.23. The van der Waals surface area contributed by atoms with E-state index in [-0.39, 0.29) is 29.5 Å². The standard InChI is InChI=1S/C9H12N8O2/c1-11-6(18)5-3-4-17(16-5)8-12-7(15-10)13-9(14-8)19-2/h3-4H,10H2,1-2H3,(H,11,18)(H,12,13,14,15). The number of ether oxygens (including phenoxy) is 1. The van der Waals surface area contributed by atoms with E-state index < -0.39 is 0 Å². The average molecular weight is 264 g/mol. The van der Waals surface area contributed by atoms with E-state index in [1.54, 1.807) is 6.20 Å². The highest BCUT2D eigenvalue weighted by Crippen LogP contribution is 2.09. The summed E-state index contributed by atoms with van der Waals surface area (Å²) in [5, 5.41) is 6.50. The van der Waals surface area contributed by atoms with Gasteiger partial charge >= 0.3 is 6.01 Å². The maximum Gasteiger partial charge on any atom is 0.322 e. The Morgan fingerprint density at radius 1 is 1.42 bits per heavy atom. The first-order valence-corrected chi connectivity index (χ1v) is 5.22. The molecule has 0 atom stereocenters. The van der Waals surface area contributed by atoms with E-state index in [9.17, 15) is 4.79 Å². The summed E-state index contributed by atoms with van der Waals surface area (Å²) in [4.78, 5) is 23.3. The Kier molecular flexibility index (Phi) is 3.52. The van der Waals surface area contributed by atoms with Crippen molar-refractivity contribution in [1.29, 1.82) is 0 Å². The van der Waals surface area contributed by atoms with E-state index in [1.807, 2.05) is 0 Å². The third-order valence-corrected chi connectivity index (χ3v) is 2.17. The average Bonchev–Trinajstić information content (AvgIpc) is 2.95. The van der Waals surface area contributed by atoms with Gasteiger partial charge in [-0.3, -0.25) is 10.2 Å². The summed E-state index contributed by atoms with van der Waals surface area (Å²) in [5.74, 6) is 5.23. The lowest BCUT2D eigenvalue weighted by molar-refractivity contribution is 0.0957. The van der Waals surface area contributed by atoms with Crippen LogP contribution in [-0.4, -0.2) is 44.8 Å². The molecule has 0 radical (unpaired) electrons.